The first-order valence-electron chi connectivity index (χ1n) is 5.34. The summed E-state index contributed by atoms with van der Waals surface area (Å²) in [6.07, 6.45) is 2.84. The fourth-order valence-corrected chi connectivity index (χ4v) is 2.26. The van der Waals surface area contributed by atoms with Gasteiger partial charge < -0.3 is 9.84 Å². The van der Waals surface area contributed by atoms with E-state index in [1.165, 1.54) is 21.9 Å². The number of fused-ring (bicyclic) bond motifs is 1. The quantitative estimate of drug-likeness (QED) is 0.762. The number of anilines is 1. The first-order valence-corrected chi connectivity index (χ1v) is 6.22. The normalized spacial score (nSPS) is 10.8. The zero-order chi connectivity index (χ0) is 13.4. The van der Waals surface area contributed by atoms with Gasteiger partial charge in [0.15, 0.2) is 10.8 Å². The molecule has 0 aliphatic heterocycles. The summed E-state index contributed by atoms with van der Waals surface area (Å²) in [7, 11) is 0. The van der Waals surface area contributed by atoms with Crippen LogP contribution in [0.25, 0.3) is 4.96 Å². The smallest absolute Gasteiger partial charge is 0.271 e. The van der Waals surface area contributed by atoms with E-state index < -0.39 is 11.5 Å². The van der Waals surface area contributed by atoms with Crippen molar-refractivity contribution in [3.05, 3.63) is 45.5 Å². The number of rotatable bonds is 2. The molecule has 1 N–H and O–H groups in total. The Hall–Kier alpha value is -2.48. The van der Waals surface area contributed by atoms with E-state index in [1.807, 2.05) is 0 Å². The minimum absolute atomic E-state index is 0.0449. The van der Waals surface area contributed by atoms with E-state index in [1.54, 1.807) is 24.6 Å². The van der Waals surface area contributed by atoms with Crippen molar-refractivity contribution in [2.24, 2.45) is 0 Å². The molecule has 0 atom stereocenters. The summed E-state index contributed by atoms with van der Waals surface area (Å²) in [6, 6.07) is 1.56. The highest BCUT2D eigenvalue weighted by Crippen LogP contribution is 2.09. The Morgan fingerprint density at radius 1 is 1.53 bits per heavy atom. The summed E-state index contributed by atoms with van der Waals surface area (Å²) in [5.74, 6) is 0.266. The number of aromatic nitrogens is 3. The van der Waals surface area contributed by atoms with E-state index in [4.69, 9.17) is 4.52 Å². The maximum Gasteiger partial charge on any atom is 0.271 e. The molecule has 3 aromatic heterocycles. The number of hydrogen-bond donors (Lipinski definition) is 1. The Kier molecular flexibility index (Phi) is 2.64. The Bertz CT molecular complexity index is 817. The Labute approximate surface area is 110 Å². The average molecular weight is 276 g/mol. The summed E-state index contributed by atoms with van der Waals surface area (Å²) in [5.41, 5.74) is -0.458. The van der Waals surface area contributed by atoms with Gasteiger partial charge in [-0.1, -0.05) is 5.16 Å². The molecule has 0 radical (unpaired) electrons. The van der Waals surface area contributed by atoms with Gasteiger partial charge in [0.05, 0.1) is 0 Å². The van der Waals surface area contributed by atoms with Gasteiger partial charge in [0.2, 0.25) is 0 Å². The van der Waals surface area contributed by atoms with Crippen LogP contribution >= 0.6 is 11.3 Å². The largest absolute Gasteiger partial charge is 0.360 e. The monoisotopic (exact) mass is 276 g/mol. The van der Waals surface area contributed by atoms with Crippen LogP contribution in [0.1, 0.15) is 16.1 Å². The number of carbonyl (C=O) groups is 1. The molecule has 0 fully saturated rings. The minimum atomic E-state index is -0.564. The SMILES string of the molecule is Cc1cc(NC(=O)c2cnc3sccn3c2=O)no1. The molecule has 0 saturated carbocycles. The van der Waals surface area contributed by atoms with Crippen LogP contribution in [0.4, 0.5) is 5.82 Å². The molecule has 0 aliphatic carbocycles. The summed E-state index contributed by atoms with van der Waals surface area (Å²) >= 11 is 1.32. The summed E-state index contributed by atoms with van der Waals surface area (Å²) in [6.45, 7) is 1.70. The van der Waals surface area contributed by atoms with Crippen LogP contribution in [0, 0.1) is 6.92 Å². The molecule has 96 valence electrons. The third-order valence-corrected chi connectivity index (χ3v) is 3.23. The molecule has 3 rings (SSSR count). The zero-order valence-electron chi connectivity index (χ0n) is 9.78. The van der Waals surface area contributed by atoms with Gasteiger partial charge in [0.1, 0.15) is 11.3 Å². The second kappa shape index (κ2) is 4.32. The lowest BCUT2D eigenvalue weighted by Crippen LogP contribution is -2.25. The Balaban J connectivity index is 1.97. The summed E-state index contributed by atoms with van der Waals surface area (Å²) < 4.78 is 6.15. The van der Waals surface area contributed by atoms with Crippen molar-refractivity contribution in [1.82, 2.24) is 14.5 Å². The summed E-state index contributed by atoms with van der Waals surface area (Å²) in [4.78, 5) is 28.6. The molecule has 1 amide bonds. The fraction of sp³-hybridized carbons (Fsp3) is 0.0909. The fourth-order valence-electron chi connectivity index (χ4n) is 1.59. The number of carbonyl (C=O) groups excluding carboxylic acids is 1. The van der Waals surface area contributed by atoms with Gasteiger partial charge in [-0.2, -0.15) is 0 Å². The zero-order valence-corrected chi connectivity index (χ0v) is 10.6. The van der Waals surface area contributed by atoms with Gasteiger partial charge in [0, 0.05) is 23.8 Å². The Morgan fingerprint density at radius 3 is 3.11 bits per heavy atom. The van der Waals surface area contributed by atoms with Crippen LogP contribution in [0.5, 0.6) is 0 Å². The van der Waals surface area contributed by atoms with E-state index in [0.29, 0.717) is 10.7 Å². The highest BCUT2D eigenvalue weighted by Gasteiger charge is 2.15. The van der Waals surface area contributed by atoms with Crippen molar-refractivity contribution in [3.8, 4) is 0 Å². The molecule has 7 nitrogen and oxygen atoms in total. The standard InChI is InChI=1S/C11H8N4O3S/c1-6-4-8(14-18-6)13-9(16)7-5-12-11-15(10(7)17)2-3-19-11/h2-5H,1H3,(H,13,14,16). The predicted molar refractivity (Wildman–Crippen MR) is 68.5 cm³/mol. The Morgan fingerprint density at radius 2 is 2.37 bits per heavy atom. The van der Waals surface area contributed by atoms with Crippen molar-refractivity contribution in [2.75, 3.05) is 5.32 Å². The van der Waals surface area contributed by atoms with Gasteiger partial charge >= 0.3 is 0 Å². The molecule has 3 aromatic rings. The molecule has 0 bridgehead atoms. The van der Waals surface area contributed by atoms with Crippen molar-refractivity contribution in [2.45, 2.75) is 6.92 Å². The van der Waals surface area contributed by atoms with Crippen LogP contribution in [0.3, 0.4) is 0 Å². The van der Waals surface area contributed by atoms with Gasteiger partial charge in [0.25, 0.3) is 11.5 Å². The van der Waals surface area contributed by atoms with E-state index in [9.17, 15) is 9.59 Å². The topological polar surface area (TPSA) is 89.5 Å². The van der Waals surface area contributed by atoms with Crippen LogP contribution in [-0.4, -0.2) is 20.4 Å². The van der Waals surface area contributed by atoms with Crippen LogP contribution in [0.2, 0.25) is 0 Å². The molecule has 0 spiro atoms. The van der Waals surface area contributed by atoms with E-state index >= 15 is 0 Å². The number of hydrogen-bond acceptors (Lipinski definition) is 6. The second-order valence-electron chi connectivity index (χ2n) is 3.81. The second-order valence-corrected chi connectivity index (χ2v) is 4.68. The first-order chi connectivity index (χ1) is 9.15. The van der Waals surface area contributed by atoms with Gasteiger partial charge in [-0.05, 0) is 6.92 Å². The predicted octanol–water partition coefficient (Wildman–Crippen LogP) is 1.30. The molecular weight excluding hydrogens is 268 g/mol. The molecule has 3 heterocycles. The maximum absolute atomic E-state index is 12.1. The lowest BCUT2D eigenvalue weighted by molar-refractivity contribution is 0.102. The number of thiazole rings is 1. The van der Waals surface area contributed by atoms with Gasteiger partial charge in [-0.25, -0.2) is 4.98 Å². The molecule has 8 heteroatoms. The highest BCUT2D eigenvalue weighted by atomic mass is 32.1. The molecule has 19 heavy (non-hydrogen) atoms. The van der Waals surface area contributed by atoms with Crippen LogP contribution < -0.4 is 10.9 Å². The van der Waals surface area contributed by atoms with Crippen molar-refractivity contribution < 1.29 is 9.32 Å². The van der Waals surface area contributed by atoms with Crippen molar-refractivity contribution in [1.29, 1.82) is 0 Å². The number of aryl methyl sites for hydroxylation is 1. The van der Waals surface area contributed by atoms with Gasteiger partial charge in [-0.15, -0.1) is 11.3 Å². The first kappa shape index (κ1) is 11.6. The molecule has 0 aromatic carbocycles. The molecule has 0 aliphatic rings. The number of amides is 1. The van der Waals surface area contributed by atoms with Crippen LogP contribution in [0.15, 0.2) is 33.2 Å². The third kappa shape index (κ3) is 2.02. The van der Waals surface area contributed by atoms with Crippen molar-refractivity contribution >= 4 is 28.0 Å². The molecular formula is C11H8N4O3S. The lowest BCUT2D eigenvalue weighted by atomic mass is 10.3. The number of nitrogens with one attached hydrogen (secondary N) is 1. The van der Waals surface area contributed by atoms with E-state index in [2.05, 4.69) is 15.5 Å². The highest BCUT2D eigenvalue weighted by molar-refractivity contribution is 7.15. The minimum Gasteiger partial charge on any atom is -0.360 e. The molecule has 0 unspecified atom stereocenters. The average Bonchev–Trinajstić information content (AvgIpc) is 2.99. The summed E-state index contributed by atoms with van der Waals surface area (Å²) in [5, 5.41) is 7.84. The van der Waals surface area contributed by atoms with E-state index in [-0.39, 0.29) is 11.4 Å². The van der Waals surface area contributed by atoms with E-state index in [0.717, 1.165) is 0 Å². The third-order valence-electron chi connectivity index (χ3n) is 2.46. The van der Waals surface area contributed by atoms with Gasteiger partial charge in [-0.3, -0.25) is 14.0 Å². The lowest BCUT2D eigenvalue weighted by Gasteiger charge is -2.00. The number of nitrogens with zero attached hydrogens (tertiary/aromatic N) is 3. The van der Waals surface area contributed by atoms with Crippen molar-refractivity contribution in [3.63, 3.8) is 0 Å². The maximum atomic E-state index is 12.1. The van der Waals surface area contributed by atoms with Crippen LogP contribution in [-0.2, 0) is 0 Å². The molecule has 0 saturated heterocycles.